The number of carbonyl (C=O) groups is 1. The third-order valence-electron chi connectivity index (χ3n) is 6.93. The maximum Gasteiger partial charge on any atom is 0.289 e. The number of amides is 1. The van der Waals surface area contributed by atoms with E-state index in [0.717, 1.165) is 55.8 Å². The fraction of sp³-hybridized carbons (Fsp3) is 0.393. The van der Waals surface area contributed by atoms with E-state index >= 15 is 0 Å². The fourth-order valence-electron chi connectivity index (χ4n) is 4.94. The molecule has 4 rings (SSSR count). The highest BCUT2D eigenvalue weighted by Gasteiger charge is 2.32. The molecule has 1 atom stereocenters. The first kappa shape index (κ1) is 24.8. The van der Waals surface area contributed by atoms with Gasteiger partial charge in [-0.25, -0.2) is 4.39 Å². The van der Waals surface area contributed by atoms with Gasteiger partial charge in [-0.1, -0.05) is 18.2 Å². The van der Waals surface area contributed by atoms with Crippen molar-refractivity contribution in [3.05, 3.63) is 83.6 Å². The largest absolute Gasteiger partial charge is 0.497 e. The van der Waals surface area contributed by atoms with Gasteiger partial charge >= 0.3 is 0 Å². The van der Waals surface area contributed by atoms with Crippen molar-refractivity contribution in [1.82, 2.24) is 9.80 Å². The van der Waals surface area contributed by atoms with Gasteiger partial charge in [-0.15, -0.1) is 0 Å². The zero-order valence-electron chi connectivity index (χ0n) is 20.6. The van der Waals surface area contributed by atoms with E-state index in [9.17, 15) is 9.18 Å². The van der Waals surface area contributed by atoms with E-state index in [1.165, 1.54) is 19.4 Å². The number of halogens is 1. The number of hydrogen-bond acceptors (Lipinski definition) is 5. The number of likely N-dealkylation sites (N-methyl/N-ethyl adjacent to an activating group) is 1. The topological polar surface area (TPSA) is 55.2 Å². The predicted molar refractivity (Wildman–Crippen MR) is 132 cm³/mol. The van der Waals surface area contributed by atoms with E-state index in [1.807, 2.05) is 36.2 Å². The minimum atomic E-state index is -0.348. The molecule has 1 aliphatic rings. The van der Waals surface area contributed by atoms with Crippen molar-refractivity contribution in [2.75, 3.05) is 34.4 Å². The Morgan fingerprint density at radius 3 is 2.57 bits per heavy atom. The Bertz CT molecular complexity index is 1110. The van der Waals surface area contributed by atoms with Gasteiger partial charge in [0, 0.05) is 19.6 Å². The Morgan fingerprint density at radius 2 is 1.89 bits per heavy atom. The maximum atomic E-state index is 13.8. The summed E-state index contributed by atoms with van der Waals surface area (Å²) in [7, 11) is 5.01. The summed E-state index contributed by atoms with van der Waals surface area (Å²) < 4.78 is 29.7. The lowest BCUT2D eigenvalue weighted by molar-refractivity contribution is 0.0556. The third kappa shape index (κ3) is 6.03. The van der Waals surface area contributed by atoms with E-state index < -0.39 is 0 Å². The molecular formula is C28H33FN2O4. The van der Waals surface area contributed by atoms with Crippen LogP contribution in [-0.4, -0.2) is 56.1 Å². The Balaban J connectivity index is 1.46. The lowest BCUT2D eigenvalue weighted by Gasteiger charge is -2.40. The van der Waals surface area contributed by atoms with Gasteiger partial charge in [-0.2, -0.15) is 0 Å². The number of furan rings is 1. The van der Waals surface area contributed by atoms with Gasteiger partial charge in [0.2, 0.25) is 0 Å². The summed E-state index contributed by atoms with van der Waals surface area (Å²) in [6.45, 7) is 2.55. The normalized spacial score (nSPS) is 15.5. The molecular weight excluding hydrogens is 447 g/mol. The molecule has 0 aliphatic carbocycles. The van der Waals surface area contributed by atoms with Crippen molar-refractivity contribution in [3.8, 4) is 11.5 Å². The molecule has 1 saturated heterocycles. The highest BCUT2D eigenvalue weighted by atomic mass is 19.1. The van der Waals surface area contributed by atoms with Crippen molar-refractivity contribution in [1.29, 1.82) is 0 Å². The number of piperidine rings is 1. The molecule has 186 valence electrons. The van der Waals surface area contributed by atoms with Crippen LogP contribution in [0.2, 0.25) is 0 Å². The minimum Gasteiger partial charge on any atom is -0.497 e. The van der Waals surface area contributed by atoms with Crippen LogP contribution in [-0.2, 0) is 13.0 Å². The lowest BCUT2D eigenvalue weighted by Crippen LogP contribution is -2.47. The summed E-state index contributed by atoms with van der Waals surface area (Å²) in [6.07, 6.45) is 4.19. The van der Waals surface area contributed by atoms with Crippen LogP contribution >= 0.6 is 0 Å². The number of methoxy groups -OCH3 is 2. The first-order valence-corrected chi connectivity index (χ1v) is 12.0. The minimum absolute atomic E-state index is 0.0211. The van der Waals surface area contributed by atoms with Gasteiger partial charge in [0.1, 0.15) is 5.75 Å². The molecule has 0 N–H and O–H groups in total. The number of carbonyl (C=O) groups excluding carboxylic acids is 1. The van der Waals surface area contributed by atoms with Crippen LogP contribution in [0.4, 0.5) is 4.39 Å². The van der Waals surface area contributed by atoms with Gasteiger partial charge in [-0.3, -0.25) is 9.69 Å². The molecule has 1 amide bonds. The number of benzene rings is 2. The monoisotopic (exact) mass is 480 g/mol. The molecule has 1 aliphatic heterocycles. The highest BCUT2D eigenvalue weighted by Crippen LogP contribution is 2.29. The van der Waals surface area contributed by atoms with Gasteiger partial charge < -0.3 is 18.8 Å². The molecule has 2 aromatic carbocycles. The standard InChI is InChI=1S/C28H33FN2O4/c1-30(28(32)26-8-5-15-35-26)25(17-20-6-4-7-23(16-20)33-2)22-11-13-31(14-12-22)19-21-9-10-24(29)27(18-21)34-3/h4-10,15-16,18,22,25H,11-14,17,19H2,1-3H3/t25-/m1/s1. The Kier molecular flexibility index (Phi) is 8.08. The molecule has 1 fully saturated rings. The molecule has 0 radical (unpaired) electrons. The zero-order valence-corrected chi connectivity index (χ0v) is 20.6. The van der Waals surface area contributed by atoms with Crippen molar-refractivity contribution in [2.24, 2.45) is 5.92 Å². The lowest BCUT2D eigenvalue weighted by atomic mass is 9.84. The second-order valence-corrected chi connectivity index (χ2v) is 9.10. The van der Waals surface area contributed by atoms with Crippen molar-refractivity contribution < 1.29 is 23.1 Å². The summed E-state index contributed by atoms with van der Waals surface area (Å²) in [5.74, 6) is 1.32. The maximum absolute atomic E-state index is 13.8. The Labute approximate surface area is 206 Å². The van der Waals surface area contributed by atoms with E-state index in [-0.39, 0.29) is 23.5 Å². The van der Waals surface area contributed by atoms with Crippen LogP contribution in [0.25, 0.3) is 0 Å². The second-order valence-electron chi connectivity index (χ2n) is 9.10. The quantitative estimate of drug-likeness (QED) is 0.430. The molecule has 0 spiro atoms. The predicted octanol–water partition coefficient (Wildman–Crippen LogP) is 5.03. The van der Waals surface area contributed by atoms with E-state index in [2.05, 4.69) is 11.0 Å². The Morgan fingerprint density at radius 1 is 1.09 bits per heavy atom. The van der Waals surface area contributed by atoms with E-state index in [0.29, 0.717) is 11.7 Å². The molecule has 7 heteroatoms. The van der Waals surface area contributed by atoms with E-state index in [1.54, 1.807) is 25.3 Å². The third-order valence-corrected chi connectivity index (χ3v) is 6.93. The first-order chi connectivity index (χ1) is 17.0. The molecule has 6 nitrogen and oxygen atoms in total. The molecule has 0 saturated carbocycles. The van der Waals surface area contributed by atoms with Crippen LogP contribution in [0.15, 0.2) is 65.3 Å². The summed E-state index contributed by atoms with van der Waals surface area (Å²) in [5, 5.41) is 0. The van der Waals surface area contributed by atoms with Crippen molar-refractivity contribution >= 4 is 5.91 Å². The number of likely N-dealkylation sites (tertiary alicyclic amines) is 1. The van der Waals surface area contributed by atoms with Crippen molar-refractivity contribution in [3.63, 3.8) is 0 Å². The smallest absolute Gasteiger partial charge is 0.289 e. The number of rotatable bonds is 9. The molecule has 1 aromatic heterocycles. The van der Waals surface area contributed by atoms with Crippen LogP contribution in [0.5, 0.6) is 11.5 Å². The molecule has 0 bridgehead atoms. The van der Waals surface area contributed by atoms with Crippen LogP contribution in [0.1, 0.15) is 34.5 Å². The fourth-order valence-corrected chi connectivity index (χ4v) is 4.94. The number of nitrogens with zero attached hydrogens (tertiary/aromatic N) is 2. The summed E-state index contributed by atoms with van der Waals surface area (Å²) >= 11 is 0. The highest BCUT2D eigenvalue weighted by molar-refractivity contribution is 5.91. The number of hydrogen-bond donors (Lipinski definition) is 0. The van der Waals surface area contributed by atoms with E-state index in [4.69, 9.17) is 13.9 Å². The molecule has 3 aromatic rings. The molecule has 35 heavy (non-hydrogen) atoms. The SMILES string of the molecule is COc1cccc(C[C@H](C2CCN(Cc3ccc(F)c(OC)c3)CC2)N(C)C(=O)c2ccco2)c1. The van der Waals surface area contributed by atoms with Gasteiger partial charge in [-0.05, 0) is 85.8 Å². The summed E-state index contributed by atoms with van der Waals surface area (Å²) in [4.78, 5) is 17.4. The summed E-state index contributed by atoms with van der Waals surface area (Å²) in [6, 6.07) is 16.5. The van der Waals surface area contributed by atoms with Crippen molar-refractivity contribution in [2.45, 2.75) is 31.8 Å². The average molecular weight is 481 g/mol. The average Bonchev–Trinajstić information content (AvgIpc) is 3.43. The van der Waals surface area contributed by atoms with Gasteiger partial charge in [0.05, 0.1) is 20.5 Å². The van der Waals surface area contributed by atoms with Gasteiger partial charge in [0.15, 0.2) is 17.3 Å². The van der Waals surface area contributed by atoms with Crippen LogP contribution in [0, 0.1) is 11.7 Å². The molecule has 2 heterocycles. The molecule has 0 unspecified atom stereocenters. The van der Waals surface area contributed by atoms with Gasteiger partial charge in [0.25, 0.3) is 5.91 Å². The second kappa shape index (κ2) is 11.4. The Hall–Kier alpha value is -3.32. The first-order valence-electron chi connectivity index (χ1n) is 12.0. The van der Waals surface area contributed by atoms with Crippen LogP contribution < -0.4 is 9.47 Å². The summed E-state index contributed by atoms with van der Waals surface area (Å²) in [5.41, 5.74) is 2.16. The zero-order chi connectivity index (χ0) is 24.8. The van der Waals surface area contributed by atoms with Crippen LogP contribution in [0.3, 0.4) is 0 Å². The number of ether oxygens (including phenoxy) is 2.